The smallest absolute Gasteiger partial charge is 0.227 e. The molecule has 1 heterocycles. The Bertz CT molecular complexity index is 342. The number of rotatable bonds is 3. The third-order valence-corrected chi connectivity index (χ3v) is 2.61. The summed E-state index contributed by atoms with van der Waals surface area (Å²) in [6, 6.07) is 0. The van der Waals surface area contributed by atoms with E-state index in [1.54, 1.807) is 6.20 Å². The Kier molecular flexibility index (Phi) is 3.93. The van der Waals surface area contributed by atoms with E-state index in [-0.39, 0.29) is 5.91 Å². The molecule has 0 saturated heterocycles. The van der Waals surface area contributed by atoms with Gasteiger partial charge in [0.1, 0.15) is 0 Å². The van der Waals surface area contributed by atoms with E-state index in [9.17, 15) is 4.79 Å². The first kappa shape index (κ1) is 10.2. The second-order valence-corrected chi connectivity index (χ2v) is 4.63. The molecule has 0 aromatic carbocycles. The Labute approximate surface area is 88.7 Å². The summed E-state index contributed by atoms with van der Waals surface area (Å²) in [5.41, 5.74) is 0. The van der Waals surface area contributed by atoms with Gasteiger partial charge in [-0.3, -0.25) is 4.79 Å². The predicted octanol–water partition coefficient (Wildman–Crippen LogP) is 2.26. The lowest BCUT2D eigenvalue weighted by atomic mass is 10.3. The van der Waals surface area contributed by atoms with Crippen molar-refractivity contribution in [3.05, 3.63) is 9.98 Å². The standard InChI is InChI=1S/C8H7BrN2OS/c1-2-3-4-7(12)11-8-10-5-6(9)13-8/h1,5H,3-4H2,(H,10,11,12). The molecule has 0 bridgehead atoms. The van der Waals surface area contributed by atoms with Gasteiger partial charge >= 0.3 is 0 Å². The Balaban J connectivity index is 2.41. The number of carbonyl (C=O) groups is 1. The number of halogens is 1. The van der Waals surface area contributed by atoms with Crippen LogP contribution < -0.4 is 5.32 Å². The lowest BCUT2D eigenvalue weighted by Gasteiger charge is -1.97. The van der Waals surface area contributed by atoms with Crippen LogP contribution in [0.25, 0.3) is 0 Å². The van der Waals surface area contributed by atoms with Crippen molar-refractivity contribution in [2.24, 2.45) is 0 Å². The van der Waals surface area contributed by atoms with Crippen LogP contribution in [0.2, 0.25) is 0 Å². The number of carbonyl (C=O) groups excluding carboxylic acids is 1. The van der Waals surface area contributed by atoms with E-state index >= 15 is 0 Å². The van der Waals surface area contributed by atoms with Crippen molar-refractivity contribution >= 4 is 38.3 Å². The third-order valence-electron chi connectivity index (χ3n) is 1.22. The zero-order chi connectivity index (χ0) is 9.68. The number of anilines is 1. The van der Waals surface area contributed by atoms with E-state index in [0.717, 1.165) is 3.79 Å². The maximum Gasteiger partial charge on any atom is 0.227 e. The fraction of sp³-hybridized carbons (Fsp3) is 0.250. The second-order valence-electron chi connectivity index (χ2n) is 2.22. The number of hydrogen-bond acceptors (Lipinski definition) is 3. The minimum absolute atomic E-state index is 0.0974. The summed E-state index contributed by atoms with van der Waals surface area (Å²) < 4.78 is 0.889. The first-order chi connectivity index (χ1) is 6.22. The average Bonchev–Trinajstić information content (AvgIpc) is 2.48. The second kappa shape index (κ2) is 5.00. The molecule has 1 N–H and O–H groups in total. The Hall–Kier alpha value is -0.860. The van der Waals surface area contributed by atoms with E-state index in [2.05, 4.69) is 32.2 Å². The van der Waals surface area contributed by atoms with Crippen molar-refractivity contribution in [3.63, 3.8) is 0 Å². The highest BCUT2D eigenvalue weighted by Crippen LogP contribution is 2.23. The monoisotopic (exact) mass is 258 g/mol. The highest BCUT2D eigenvalue weighted by molar-refractivity contribution is 9.11. The number of aromatic nitrogens is 1. The number of nitrogens with one attached hydrogen (secondary N) is 1. The number of hydrogen-bond donors (Lipinski definition) is 1. The zero-order valence-corrected chi connectivity index (χ0v) is 9.11. The summed E-state index contributed by atoms with van der Waals surface area (Å²) in [5, 5.41) is 3.23. The van der Waals surface area contributed by atoms with Crippen LogP contribution in [0.3, 0.4) is 0 Å². The van der Waals surface area contributed by atoms with Gasteiger partial charge in [0, 0.05) is 12.8 Å². The highest BCUT2D eigenvalue weighted by atomic mass is 79.9. The van der Waals surface area contributed by atoms with Crippen LogP contribution in [-0.2, 0) is 4.79 Å². The van der Waals surface area contributed by atoms with Gasteiger partial charge in [-0.05, 0) is 15.9 Å². The highest BCUT2D eigenvalue weighted by Gasteiger charge is 2.03. The van der Waals surface area contributed by atoms with Gasteiger partial charge in [0.05, 0.1) is 9.98 Å². The van der Waals surface area contributed by atoms with Crippen LogP contribution in [-0.4, -0.2) is 10.9 Å². The van der Waals surface area contributed by atoms with E-state index in [0.29, 0.717) is 18.0 Å². The van der Waals surface area contributed by atoms with E-state index in [1.165, 1.54) is 11.3 Å². The van der Waals surface area contributed by atoms with E-state index < -0.39 is 0 Å². The van der Waals surface area contributed by atoms with E-state index in [4.69, 9.17) is 6.42 Å². The van der Waals surface area contributed by atoms with Crippen LogP contribution in [0.5, 0.6) is 0 Å². The quantitative estimate of drug-likeness (QED) is 0.846. The first-order valence-electron chi connectivity index (χ1n) is 3.57. The molecule has 0 spiro atoms. The number of amides is 1. The summed E-state index contributed by atoms with van der Waals surface area (Å²) in [6.07, 6.45) is 7.46. The lowest BCUT2D eigenvalue weighted by Crippen LogP contribution is -2.10. The number of thiazole rings is 1. The molecule has 68 valence electrons. The summed E-state index contributed by atoms with van der Waals surface area (Å²) in [5.74, 6) is 2.31. The molecule has 0 unspecified atom stereocenters. The summed E-state index contributed by atoms with van der Waals surface area (Å²) >= 11 is 4.62. The van der Waals surface area contributed by atoms with Crippen LogP contribution in [0, 0.1) is 12.3 Å². The molecule has 5 heteroatoms. The fourth-order valence-electron chi connectivity index (χ4n) is 0.680. The van der Waals surface area contributed by atoms with Crippen LogP contribution in [0.1, 0.15) is 12.8 Å². The molecule has 1 aromatic heterocycles. The van der Waals surface area contributed by atoms with Crippen molar-refractivity contribution in [1.29, 1.82) is 0 Å². The normalized spacial score (nSPS) is 9.23. The molecular weight excluding hydrogens is 252 g/mol. The Morgan fingerprint density at radius 2 is 2.62 bits per heavy atom. The summed E-state index contributed by atoms with van der Waals surface area (Å²) in [7, 11) is 0. The lowest BCUT2D eigenvalue weighted by molar-refractivity contribution is -0.116. The fourth-order valence-corrected chi connectivity index (χ4v) is 1.80. The molecule has 1 rings (SSSR count). The molecule has 0 aliphatic heterocycles. The number of terminal acetylenes is 1. The van der Waals surface area contributed by atoms with Gasteiger partial charge < -0.3 is 5.32 Å². The minimum atomic E-state index is -0.0974. The van der Waals surface area contributed by atoms with Gasteiger partial charge in [-0.15, -0.1) is 12.3 Å². The SMILES string of the molecule is C#CCCC(=O)Nc1ncc(Br)s1. The average molecular weight is 259 g/mol. The molecule has 0 atom stereocenters. The molecule has 0 aliphatic carbocycles. The Morgan fingerprint density at radius 3 is 3.15 bits per heavy atom. The van der Waals surface area contributed by atoms with Crippen molar-refractivity contribution in [2.45, 2.75) is 12.8 Å². The molecule has 0 radical (unpaired) electrons. The largest absolute Gasteiger partial charge is 0.302 e. The zero-order valence-electron chi connectivity index (χ0n) is 6.71. The molecule has 0 saturated carbocycles. The van der Waals surface area contributed by atoms with Gasteiger partial charge in [-0.1, -0.05) is 11.3 Å². The van der Waals surface area contributed by atoms with Crippen LogP contribution in [0.4, 0.5) is 5.13 Å². The Morgan fingerprint density at radius 1 is 1.85 bits per heavy atom. The third kappa shape index (κ3) is 3.57. The number of nitrogens with zero attached hydrogens (tertiary/aromatic N) is 1. The first-order valence-corrected chi connectivity index (χ1v) is 5.18. The maximum absolute atomic E-state index is 11.1. The molecule has 0 fully saturated rings. The van der Waals surface area contributed by atoms with Gasteiger partial charge in [0.2, 0.25) is 5.91 Å². The van der Waals surface area contributed by atoms with Crippen molar-refractivity contribution < 1.29 is 4.79 Å². The van der Waals surface area contributed by atoms with Crippen molar-refractivity contribution in [3.8, 4) is 12.3 Å². The molecule has 13 heavy (non-hydrogen) atoms. The van der Waals surface area contributed by atoms with Gasteiger partial charge in [0.25, 0.3) is 0 Å². The van der Waals surface area contributed by atoms with Gasteiger partial charge in [-0.25, -0.2) is 4.98 Å². The van der Waals surface area contributed by atoms with Gasteiger partial charge in [0.15, 0.2) is 5.13 Å². The van der Waals surface area contributed by atoms with Crippen molar-refractivity contribution in [1.82, 2.24) is 4.98 Å². The minimum Gasteiger partial charge on any atom is -0.302 e. The predicted molar refractivity (Wildman–Crippen MR) is 56.5 cm³/mol. The van der Waals surface area contributed by atoms with Gasteiger partial charge in [-0.2, -0.15) is 0 Å². The molecule has 1 aromatic rings. The van der Waals surface area contributed by atoms with E-state index in [1.807, 2.05) is 0 Å². The molecule has 0 aliphatic rings. The molecule has 1 amide bonds. The summed E-state index contributed by atoms with van der Waals surface area (Å²) in [6.45, 7) is 0. The maximum atomic E-state index is 11.1. The topological polar surface area (TPSA) is 42.0 Å². The van der Waals surface area contributed by atoms with Crippen LogP contribution >= 0.6 is 27.3 Å². The van der Waals surface area contributed by atoms with Crippen LogP contribution in [0.15, 0.2) is 9.98 Å². The van der Waals surface area contributed by atoms with Crippen molar-refractivity contribution in [2.75, 3.05) is 5.32 Å². The molecular formula is C8H7BrN2OS. The molecule has 3 nitrogen and oxygen atoms in total. The summed E-state index contributed by atoms with van der Waals surface area (Å²) in [4.78, 5) is 15.1.